The highest BCUT2D eigenvalue weighted by Gasteiger charge is 2.19. The van der Waals surface area contributed by atoms with Crippen molar-refractivity contribution in [2.75, 3.05) is 17.6 Å². The van der Waals surface area contributed by atoms with Crippen LogP contribution in [0.3, 0.4) is 0 Å². The van der Waals surface area contributed by atoms with E-state index in [-0.39, 0.29) is 4.90 Å². The van der Waals surface area contributed by atoms with Crippen LogP contribution in [0.1, 0.15) is 27.7 Å². The molecule has 0 unspecified atom stereocenters. The smallest absolute Gasteiger partial charge is 0.240 e. The normalized spacial score (nSPS) is 12.4. The molecule has 0 atom stereocenters. The molecule has 0 saturated heterocycles. The Balaban J connectivity index is 2.99. The van der Waals surface area contributed by atoms with Crippen LogP contribution in [0.2, 0.25) is 0 Å². The summed E-state index contributed by atoms with van der Waals surface area (Å²) >= 11 is 0. The van der Waals surface area contributed by atoms with E-state index in [0.717, 1.165) is 0 Å². The highest BCUT2D eigenvalue weighted by molar-refractivity contribution is 7.89. The van der Waals surface area contributed by atoms with Gasteiger partial charge in [0.25, 0.3) is 0 Å². The van der Waals surface area contributed by atoms with Gasteiger partial charge in [-0.15, -0.1) is 0 Å². The molecule has 114 valence electrons. The Labute approximate surface area is 121 Å². The van der Waals surface area contributed by atoms with E-state index in [1.54, 1.807) is 12.1 Å². The fraction of sp³-hybridized carbons (Fsp3) is 0.571. The highest BCUT2D eigenvalue weighted by atomic mass is 32.2. The number of hydrogen-bond donors (Lipinski definition) is 3. The van der Waals surface area contributed by atoms with Crippen LogP contribution in [0, 0.1) is 17.8 Å². The summed E-state index contributed by atoms with van der Waals surface area (Å²) in [7, 11) is -3.79. The Morgan fingerprint density at radius 2 is 1.70 bits per heavy atom. The Morgan fingerprint density at radius 3 is 2.15 bits per heavy atom. The first-order valence-electron chi connectivity index (χ1n) is 6.79. The molecule has 5 nitrogen and oxygen atoms in total. The van der Waals surface area contributed by atoms with Gasteiger partial charge in [-0.1, -0.05) is 27.7 Å². The van der Waals surface area contributed by atoms with Crippen LogP contribution in [-0.4, -0.2) is 15.0 Å². The predicted molar refractivity (Wildman–Crippen MR) is 83.9 cm³/mol. The largest absolute Gasteiger partial charge is 0.399 e. The molecule has 0 heterocycles. The first-order chi connectivity index (χ1) is 9.12. The molecule has 0 fully saturated rings. The van der Waals surface area contributed by atoms with Crippen LogP contribution >= 0.6 is 0 Å². The Hall–Kier alpha value is -1.27. The van der Waals surface area contributed by atoms with E-state index in [1.165, 1.54) is 6.07 Å². The maximum Gasteiger partial charge on any atom is 0.240 e. The van der Waals surface area contributed by atoms with Crippen LogP contribution in [0.15, 0.2) is 23.1 Å². The molecule has 0 aliphatic carbocycles. The number of nitrogens with one attached hydrogen (secondary N) is 1. The van der Waals surface area contributed by atoms with Gasteiger partial charge in [0, 0.05) is 12.2 Å². The number of hydrogen-bond acceptors (Lipinski definition) is 4. The van der Waals surface area contributed by atoms with Crippen molar-refractivity contribution in [1.82, 2.24) is 0 Å². The van der Waals surface area contributed by atoms with Gasteiger partial charge in [0.1, 0.15) is 4.90 Å². The first kappa shape index (κ1) is 16.8. The lowest BCUT2D eigenvalue weighted by Gasteiger charge is -2.26. The second-order valence-corrected chi connectivity index (χ2v) is 7.36. The van der Waals surface area contributed by atoms with Gasteiger partial charge >= 0.3 is 0 Å². The third-order valence-corrected chi connectivity index (χ3v) is 4.50. The van der Waals surface area contributed by atoms with Crippen LogP contribution < -0.4 is 16.2 Å². The summed E-state index contributed by atoms with van der Waals surface area (Å²) in [5.41, 5.74) is 6.51. The standard InChI is InChI=1S/C14H25N3O2S/c1-9(2)12(10(3)4)8-17-13-6-5-11(15)7-14(13)20(16,18)19/h5-7,9-10,12,17H,8,15H2,1-4H3,(H2,16,18,19). The molecule has 0 aliphatic rings. The fourth-order valence-corrected chi connectivity index (χ4v) is 3.14. The second-order valence-electron chi connectivity index (χ2n) is 5.83. The van der Waals surface area contributed by atoms with Gasteiger partial charge < -0.3 is 11.1 Å². The topological polar surface area (TPSA) is 98.2 Å². The minimum atomic E-state index is -3.79. The number of sulfonamides is 1. The lowest BCUT2D eigenvalue weighted by Crippen LogP contribution is -2.25. The van der Waals surface area contributed by atoms with E-state index in [1.807, 2.05) is 0 Å². The van der Waals surface area contributed by atoms with E-state index in [2.05, 4.69) is 33.0 Å². The Kier molecular flexibility index (Phi) is 5.42. The molecule has 0 aromatic heterocycles. The van der Waals surface area contributed by atoms with Crippen molar-refractivity contribution in [2.24, 2.45) is 22.9 Å². The molecule has 6 heteroatoms. The van der Waals surface area contributed by atoms with Gasteiger partial charge in [0.15, 0.2) is 0 Å². The summed E-state index contributed by atoms with van der Waals surface area (Å²) in [5, 5.41) is 8.42. The second kappa shape index (κ2) is 6.45. The van der Waals surface area contributed by atoms with Crippen molar-refractivity contribution in [3.8, 4) is 0 Å². The molecule has 0 aliphatic heterocycles. The lowest BCUT2D eigenvalue weighted by atomic mass is 9.85. The zero-order chi connectivity index (χ0) is 15.5. The summed E-state index contributed by atoms with van der Waals surface area (Å²) in [6.45, 7) is 9.35. The Morgan fingerprint density at radius 1 is 1.15 bits per heavy atom. The van der Waals surface area contributed by atoms with Crippen LogP contribution in [0.4, 0.5) is 11.4 Å². The molecule has 0 radical (unpaired) electrons. The number of rotatable bonds is 6. The van der Waals surface area contributed by atoms with Crippen molar-refractivity contribution in [2.45, 2.75) is 32.6 Å². The van der Waals surface area contributed by atoms with Crippen molar-refractivity contribution in [1.29, 1.82) is 0 Å². The highest BCUT2D eigenvalue weighted by Crippen LogP contribution is 2.25. The fourth-order valence-electron chi connectivity index (χ4n) is 2.39. The molecule has 1 aromatic carbocycles. The van der Waals surface area contributed by atoms with Gasteiger partial charge in [-0.05, 0) is 36.0 Å². The van der Waals surface area contributed by atoms with E-state index in [0.29, 0.717) is 35.7 Å². The summed E-state index contributed by atoms with van der Waals surface area (Å²) in [6, 6.07) is 4.71. The zero-order valence-corrected chi connectivity index (χ0v) is 13.4. The average Bonchev–Trinajstić information content (AvgIpc) is 2.28. The van der Waals surface area contributed by atoms with E-state index in [4.69, 9.17) is 10.9 Å². The Bertz CT molecular complexity index is 546. The molecule has 20 heavy (non-hydrogen) atoms. The number of nitrogens with two attached hydrogens (primary N) is 2. The molecule has 5 N–H and O–H groups in total. The SMILES string of the molecule is CC(C)C(CNc1ccc(N)cc1S(N)(=O)=O)C(C)C. The number of nitrogen functional groups attached to an aromatic ring is 1. The molecular weight excluding hydrogens is 274 g/mol. The molecule has 1 aromatic rings. The third-order valence-electron chi connectivity index (χ3n) is 3.55. The van der Waals surface area contributed by atoms with Gasteiger partial charge in [-0.3, -0.25) is 0 Å². The summed E-state index contributed by atoms with van der Waals surface area (Å²) in [6.07, 6.45) is 0. The summed E-state index contributed by atoms with van der Waals surface area (Å²) < 4.78 is 23.2. The van der Waals surface area contributed by atoms with Gasteiger partial charge in [0.05, 0.1) is 5.69 Å². The average molecular weight is 299 g/mol. The molecular formula is C14H25N3O2S. The van der Waals surface area contributed by atoms with Crippen LogP contribution in [0.25, 0.3) is 0 Å². The number of primary sulfonamides is 1. The monoisotopic (exact) mass is 299 g/mol. The van der Waals surface area contributed by atoms with Crippen molar-refractivity contribution < 1.29 is 8.42 Å². The lowest BCUT2D eigenvalue weighted by molar-refractivity contribution is 0.304. The van der Waals surface area contributed by atoms with E-state index >= 15 is 0 Å². The maximum absolute atomic E-state index is 11.6. The van der Waals surface area contributed by atoms with Gasteiger partial charge in [-0.2, -0.15) is 0 Å². The molecule has 0 bridgehead atoms. The van der Waals surface area contributed by atoms with Crippen LogP contribution in [0.5, 0.6) is 0 Å². The van der Waals surface area contributed by atoms with Gasteiger partial charge in [-0.25, -0.2) is 13.6 Å². The number of anilines is 2. The van der Waals surface area contributed by atoms with E-state index < -0.39 is 10.0 Å². The van der Waals surface area contributed by atoms with Gasteiger partial charge in [0.2, 0.25) is 10.0 Å². The summed E-state index contributed by atoms with van der Waals surface area (Å²) in [4.78, 5) is 0.0452. The van der Waals surface area contributed by atoms with E-state index in [9.17, 15) is 8.42 Å². The quantitative estimate of drug-likeness (QED) is 0.702. The summed E-state index contributed by atoms with van der Waals surface area (Å²) in [5.74, 6) is 1.46. The van der Waals surface area contributed by atoms with Crippen molar-refractivity contribution in [3.63, 3.8) is 0 Å². The number of benzene rings is 1. The predicted octanol–water partition coefficient (Wildman–Crippen LogP) is 2.26. The maximum atomic E-state index is 11.6. The van der Waals surface area contributed by atoms with Crippen LogP contribution in [-0.2, 0) is 10.0 Å². The van der Waals surface area contributed by atoms with Crippen molar-refractivity contribution in [3.05, 3.63) is 18.2 Å². The third kappa shape index (κ3) is 4.38. The van der Waals surface area contributed by atoms with Crippen molar-refractivity contribution >= 4 is 21.4 Å². The molecule has 1 rings (SSSR count). The minimum Gasteiger partial charge on any atom is -0.399 e. The minimum absolute atomic E-state index is 0.0452. The molecule has 0 saturated carbocycles. The first-order valence-corrected chi connectivity index (χ1v) is 8.33. The molecule has 0 amide bonds. The molecule has 0 spiro atoms. The zero-order valence-electron chi connectivity index (χ0n) is 12.6.